The van der Waals surface area contributed by atoms with Gasteiger partial charge in [-0.2, -0.15) is 0 Å². The summed E-state index contributed by atoms with van der Waals surface area (Å²) in [5.41, 5.74) is 7.66. The van der Waals surface area contributed by atoms with Crippen molar-refractivity contribution < 1.29 is 9.90 Å². The van der Waals surface area contributed by atoms with Crippen molar-refractivity contribution in [2.75, 3.05) is 5.73 Å². The van der Waals surface area contributed by atoms with Gasteiger partial charge in [0.2, 0.25) is 0 Å². The summed E-state index contributed by atoms with van der Waals surface area (Å²) in [5, 5.41) is 9.26. The molecular weight excluding hydrogens is 226 g/mol. The predicted octanol–water partition coefficient (Wildman–Crippen LogP) is 3.05. The largest absolute Gasteiger partial charge is 0.478 e. The van der Waals surface area contributed by atoms with Crippen LogP contribution >= 0.6 is 11.6 Å². The fourth-order valence-corrected chi connectivity index (χ4v) is 1.56. The molecule has 0 unspecified atom stereocenters. The summed E-state index contributed by atoms with van der Waals surface area (Å²) in [6, 6.07) is 5.13. The maximum absolute atomic E-state index is 10.7. The maximum atomic E-state index is 10.7. The highest BCUT2D eigenvalue weighted by molar-refractivity contribution is 6.33. The van der Waals surface area contributed by atoms with Crippen molar-refractivity contribution in [3.63, 3.8) is 0 Å². The van der Waals surface area contributed by atoms with Crippen molar-refractivity contribution in [2.45, 2.75) is 13.8 Å². The standard InChI is InChI=1S/C12H14ClNO2/c1-7(2)9(6-12(15)16)8-3-4-10(13)11(14)5-8/h3-7H,14H2,1-2H3,(H,15,16)/b9-6-. The van der Waals surface area contributed by atoms with Crippen LogP contribution in [0.3, 0.4) is 0 Å². The summed E-state index contributed by atoms with van der Waals surface area (Å²) in [4.78, 5) is 10.7. The molecule has 0 aromatic heterocycles. The van der Waals surface area contributed by atoms with Gasteiger partial charge in [0.25, 0.3) is 0 Å². The zero-order chi connectivity index (χ0) is 12.3. The van der Waals surface area contributed by atoms with E-state index in [1.165, 1.54) is 6.08 Å². The molecule has 16 heavy (non-hydrogen) atoms. The molecule has 0 saturated carbocycles. The van der Waals surface area contributed by atoms with Gasteiger partial charge >= 0.3 is 5.97 Å². The topological polar surface area (TPSA) is 63.3 Å². The highest BCUT2D eigenvalue weighted by Crippen LogP contribution is 2.28. The lowest BCUT2D eigenvalue weighted by Gasteiger charge is -2.12. The van der Waals surface area contributed by atoms with E-state index in [4.69, 9.17) is 22.4 Å². The van der Waals surface area contributed by atoms with Gasteiger partial charge in [-0.3, -0.25) is 0 Å². The van der Waals surface area contributed by atoms with Crippen molar-refractivity contribution in [1.29, 1.82) is 0 Å². The molecule has 0 spiro atoms. The highest BCUT2D eigenvalue weighted by Gasteiger charge is 2.09. The quantitative estimate of drug-likeness (QED) is 0.630. The smallest absolute Gasteiger partial charge is 0.328 e. The summed E-state index contributed by atoms with van der Waals surface area (Å²) in [7, 11) is 0. The minimum Gasteiger partial charge on any atom is -0.478 e. The Hall–Kier alpha value is -1.48. The van der Waals surface area contributed by atoms with Crippen LogP contribution in [0.4, 0.5) is 5.69 Å². The van der Waals surface area contributed by atoms with Gasteiger partial charge in [-0.05, 0) is 29.2 Å². The molecule has 1 aromatic carbocycles. The highest BCUT2D eigenvalue weighted by atomic mass is 35.5. The van der Waals surface area contributed by atoms with Crippen molar-refractivity contribution in [3.05, 3.63) is 34.9 Å². The van der Waals surface area contributed by atoms with Gasteiger partial charge < -0.3 is 10.8 Å². The van der Waals surface area contributed by atoms with E-state index in [0.717, 1.165) is 11.1 Å². The van der Waals surface area contributed by atoms with E-state index in [-0.39, 0.29) is 5.92 Å². The Morgan fingerprint density at radius 3 is 2.56 bits per heavy atom. The average Bonchev–Trinajstić information content (AvgIpc) is 2.18. The number of hydrogen-bond donors (Lipinski definition) is 2. The van der Waals surface area contributed by atoms with E-state index in [0.29, 0.717) is 10.7 Å². The molecule has 0 amide bonds. The summed E-state index contributed by atoms with van der Waals surface area (Å²) in [5.74, 6) is -0.853. The van der Waals surface area contributed by atoms with Crippen LogP contribution in [0.1, 0.15) is 19.4 Å². The maximum Gasteiger partial charge on any atom is 0.328 e. The van der Waals surface area contributed by atoms with Crippen LogP contribution in [0.5, 0.6) is 0 Å². The lowest BCUT2D eigenvalue weighted by atomic mass is 9.94. The lowest BCUT2D eigenvalue weighted by molar-refractivity contribution is -0.131. The molecule has 0 fully saturated rings. The van der Waals surface area contributed by atoms with Gasteiger partial charge in [-0.1, -0.05) is 31.5 Å². The van der Waals surface area contributed by atoms with Crippen molar-refractivity contribution in [3.8, 4) is 0 Å². The zero-order valence-corrected chi connectivity index (χ0v) is 9.95. The fourth-order valence-electron chi connectivity index (χ4n) is 1.44. The molecule has 3 nitrogen and oxygen atoms in total. The van der Waals surface area contributed by atoms with Crippen LogP contribution in [-0.2, 0) is 4.79 Å². The van der Waals surface area contributed by atoms with E-state index in [2.05, 4.69) is 0 Å². The molecule has 0 aliphatic carbocycles. The molecule has 0 bridgehead atoms. The van der Waals surface area contributed by atoms with Crippen LogP contribution in [0.2, 0.25) is 5.02 Å². The predicted molar refractivity (Wildman–Crippen MR) is 66.3 cm³/mol. The third-order valence-corrected chi connectivity index (χ3v) is 2.57. The van der Waals surface area contributed by atoms with Crippen LogP contribution in [0.15, 0.2) is 24.3 Å². The number of carbonyl (C=O) groups is 1. The number of allylic oxidation sites excluding steroid dienone is 1. The summed E-state index contributed by atoms with van der Waals surface area (Å²) < 4.78 is 0. The number of hydrogen-bond acceptors (Lipinski definition) is 2. The van der Waals surface area contributed by atoms with Crippen molar-refractivity contribution in [1.82, 2.24) is 0 Å². The monoisotopic (exact) mass is 239 g/mol. The van der Waals surface area contributed by atoms with E-state index in [1.54, 1.807) is 18.2 Å². The van der Waals surface area contributed by atoms with Crippen molar-refractivity contribution in [2.24, 2.45) is 5.92 Å². The molecule has 1 aromatic rings. The minimum atomic E-state index is -0.961. The Balaban J connectivity index is 3.22. The van der Waals surface area contributed by atoms with Crippen LogP contribution in [-0.4, -0.2) is 11.1 Å². The molecule has 0 saturated heterocycles. The first-order valence-electron chi connectivity index (χ1n) is 4.91. The van der Waals surface area contributed by atoms with E-state index in [9.17, 15) is 4.79 Å². The Morgan fingerprint density at radius 2 is 2.12 bits per heavy atom. The second kappa shape index (κ2) is 5.03. The number of aliphatic carboxylic acids is 1. The zero-order valence-electron chi connectivity index (χ0n) is 9.20. The number of rotatable bonds is 3. The van der Waals surface area contributed by atoms with Crippen LogP contribution < -0.4 is 5.73 Å². The van der Waals surface area contributed by atoms with Gasteiger partial charge in [-0.15, -0.1) is 0 Å². The number of anilines is 1. The molecule has 3 N–H and O–H groups in total. The lowest BCUT2D eigenvalue weighted by Crippen LogP contribution is -1.99. The Labute approximate surface area is 99.5 Å². The molecule has 0 aliphatic rings. The average molecular weight is 240 g/mol. The summed E-state index contributed by atoms with van der Waals surface area (Å²) in [6.07, 6.45) is 1.20. The minimum absolute atomic E-state index is 0.108. The van der Waals surface area contributed by atoms with Gasteiger partial charge in [0.05, 0.1) is 10.7 Å². The second-order valence-corrected chi connectivity index (χ2v) is 4.24. The third-order valence-electron chi connectivity index (χ3n) is 2.23. The molecule has 0 heterocycles. The first kappa shape index (κ1) is 12.6. The molecule has 86 valence electrons. The normalized spacial score (nSPS) is 11.9. The second-order valence-electron chi connectivity index (χ2n) is 3.83. The van der Waals surface area contributed by atoms with Crippen LogP contribution in [0, 0.1) is 5.92 Å². The van der Waals surface area contributed by atoms with Gasteiger partial charge in [-0.25, -0.2) is 4.79 Å². The molecule has 0 radical (unpaired) electrons. The first-order chi connectivity index (χ1) is 7.41. The number of carboxylic acid groups (broad SMARTS) is 1. The van der Waals surface area contributed by atoms with E-state index in [1.807, 2.05) is 13.8 Å². The molecule has 1 rings (SSSR count). The summed E-state index contributed by atoms with van der Waals surface area (Å²) in [6.45, 7) is 3.86. The SMILES string of the molecule is CC(C)/C(=C/C(=O)O)c1ccc(Cl)c(N)c1. The number of nitrogens with two attached hydrogens (primary N) is 1. The molecule has 0 atom stereocenters. The van der Waals surface area contributed by atoms with Gasteiger partial charge in [0.15, 0.2) is 0 Å². The van der Waals surface area contributed by atoms with Gasteiger partial charge in [0, 0.05) is 6.08 Å². The van der Waals surface area contributed by atoms with Gasteiger partial charge in [0.1, 0.15) is 0 Å². The van der Waals surface area contributed by atoms with E-state index >= 15 is 0 Å². The Morgan fingerprint density at radius 1 is 1.50 bits per heavy atom. The van der Waals surface area contributed by atoms with E-state index < -0.39 is 5.97 Å². The molecular formula is C12H14ClNO2. The van der Waals surface area contributed by atoms with Crippen LogP contribution in [0.25, 0.3) is 5.57 Å². The Bertz CT molecular complexity index is 439. The summed E-state index contributed by atoms with van der Waals surface area (Å²) >= 11 is 5.81. The molecule has 0 aliphatic heterocycles. The first-order valence-corrected chi connectivity index (χ1v) is 5.29. The molecule has 4 heteroatoms. The fraction of sp³-hybridized carbons (Fsp3) is 0.250. The van der Waals surface area contributed by atoms with Crippen molar-refractivity contribution >= 4 is 28.8 Å². The number of nitrogen functional groups attached to an aromatic ring is 1. The third kappa shape index (κ3) is 3.00. The number of carboxylic acids is 1. The number of halogens is 1. The number of benzene rings is 1. The Kier molecular flexibility index (Phi) is 3.96.